The van der Waals surface area contributed by atoms with Crippen molar-refractivity contribution in [2.75, 3.05) is 12.4 Å². The van der Waals surface area contributed by atoms with Crippen LogP contribution in [-0.4, -0.2) is 29.0 Å². The van der Waals surface area contributed by atoms with Gasteiger partial charge in [-0.25, -0.2) is 0 Å². The molecule has 1 aliphatic carbocycles. The van der Waals surface area contributed by atoms with E-state index in [0.717, 1.165) is 25.0 Å². The Morgan fingerprint density at radius 2 is 2.00 bits per heavy atom. The molecule has 0 amide bonds. The fourth-order valence-electron chi connectivity index (χ4n) is 2.48. The zero-order chi connectivity index (χ0) is 14.4. The lowest BCUT2D eigenvalue weighted by atomic mass is 9.91. The van der Waals surface area contributed by atoms with E-state index in [1.54, 1.807) is 0 Å². The molecule has 1 fully saturated rings. The first-order valence-electron chi connectivity index (χ1n) is 7.75. The minimum atomic E-state index is -0.0466. The molecule has 0 saturated heterocycles. The van der Waals surface area contributed by atoms with Crippen LogP contribution in [0.15, 0.2) is 29.2 Å². The third kappa shape index (κ3) is 4.80. The molecule has 1 aliphatic rings. The van der Waals surface area contributed by atoms with Crippen LogP contribution in [0.1, 0.15) is 44.6 Å². The van der Waals surface area contributed by atoms with Crippen molar-refractivity contribution in [1.82, 2.24) is 5.32 Å². The van der Waals surface area contributed by atoms with Crippen molar-refractivity contribution in [2.45, 2.75) is 62.4 Å². The molecule has 3 heteroatoms. The first-order valence-corrected chi connectivity index (χ1v) is 8.74. The number of aryl methyl sites for hydroxylation is 1. The van der Waals surface area contributed by atoms with Crippen LogP contribution in [-0.2, 0) is 0 Å². The molecule has 20 heavy (non-hydrogen) atoms. The molecular formula is C17H27NOS. The summed E-state index contributed by atoms with van der Waals surface area (Å²) in [6.45, 7) is 4.56. The molecule has 0 heterocycles. The van der Waals surface area contributed by atoms with Crippen molar-refractivity contribution < 1.29 is 5.11 Å². The molecule has 2 rings (SSSR count). The van der Waals surface area contributed by atoms with Gasteiger partial charge in [-0.1, -0.05) is 24.6 Å². The normalized spacial score (nSPS) is 17.9. The molecule has 1 saturated carbocycles. The smallest absolute Gasteiger partial charge is 0.0613 e. The number of nitrogens with one attached hydrogen (secondary N) is 1. The molecular weight excluding hydrogens is 266 g/mol. The number of hydrogen-bond donors (Lipinski definition) is 2. The van der Waals surface area contributed by atoms with Gasteiger partial charge in [-0.15, -0.1) is 11.8 Å². The highest BCUT2D eigenvalue weighted by Gasteiger charge is 2.33. The Balaban J connectivity index is 1.73. The predicted molar refractivity (Wildman–Crippen MR) is 87.4 cm³/mol. The van der Waals surface area contributed by atoms with Crippen LogP contribution in [0.5, 0.6) is 0 Å². The second-order valence-electron chi connectivity index (χ2n) is 5.98. The van der Waals surface area contributed by atoms with E-state index in [0.29, 0.717) is 6.04 Å². The standard InChI is InChI=1S/C17H27NOS/c1-3-17(13-19,18-15-7-8-15)11-4-12-20-16-9-5-14(2)6-10-16/h5-6,9-10,15,18-19H,3-4,7-8,11-13H2,1-2H3. The van der Waals surface area contributed by atoms with E-state index in [2.05, 4.69) is 43.4 Å². The van der Waals surface area contributed by atoms with Crippen LogP contribution in [0.4, 0.5) is 0 Å². The van der Waals surface area contributed by atoms with E-state index in [4.69, 9.17) is 0 Å². The van der Waals surface area contributed by atoms with Gasteiger partial charge in [0.15, 0.2) is 0 Å². The van der Waals surface area contributed by atoms with Gasteiger partial charge in [-0.3, -0.25) is 0 Å². The third-order valence-corrected chi connectivity index (χ3v) is 5.25. The molecule has 0 aromatic heterocycles. The summed E-state index contributed by atoms with van der Waals surface area (Å²) in [6, 6.07) is 9.39. The quantitative estimate of drug-likeness (QED) is 0.537. The highest BCUT2D eigenvalue weighted by atomic mass is 32.2. The predicted octanol–water partition coefficient (Wildman–Crippen LogP) is 3.76. The summed E-state index contributed by atoms with van der Waals surface area (Å²) in [5.74, 6) is 1.12. The van der Waals surface area contributed by atoms with E-state index in [1.807, 2.05) is 11.8 Å². The first kappa shape index (κ1) is 15.9. The van der Waals surface area contributed by atoms with Gasteiger partial charge in [0.2, 0.25) is 0 Å². The van der Waals surface area contributed by atoms with Gasteiger partial charge in [0.25, 0.3) is 0 Å². The Hall–Kier alpha value is -0.510. The van der Waals surface area contributed by atoms with E-state index >= 15 is 0 Å². The van der Waals surface area contributed by atoms with E-state index in [1.165, 1.54) is 23.3 Å². The fourth-order valence-corrected chi connectivity index (χ4v) is 3.34. The van der Waals surface area contributed by atoms with Crippen molar-refractivity contribution in [3.63, 3.8) is 0 Å². The van der Waals surface area contributed by atoms with Gasteiger partial charge in [-0.2, -0.15) is 0 Å². The monoisotopic (exact) mass is 293 g/mol. The SMILES string of the molecule is CCC(CO)(CCCSc1ccc(C)cc1)NC1CC1. The van der Waals surface area contributed by atoms with Crippen LogP contribution in [0.3, 0.4) is 0 Å². The summed E-state index contributed by atoms with van der Waals surface area (Å²) in [7, 11) is 0. The number of benzene rings is 1. The number of hydrogen-bond acceptors (Lipinski definition) is 3. The molecule has 0 spiro atoms. The van der Waals surface area contributed by atoms with Gasteiger partial charge in [-0.05, 0) is 56.9 Å². The summed E-state index contributed by atoms with van der Waals surface area (Å²) in [4.78, 5) is 1.34. The number of aliphatic hydroxyl groups excluding tert-OH is 1. The molecule has 0 bridgehead atoms. The second kappa shape index (κ2) is 7.48. The zero-order valence-corrected chi connectivity index (χ0v) is 13.5. The summed E-state index contributed by atoms with van der Waals surface area (Å²) in [5, 5.41) is 13.4. The van der Waals surface area contributed by atoms with Gasteiger partial charge in [0.05, 0.1) is 6.61 Å². The minimum absolute atomic E-state index is 0.0466. The first-order chi connectivity index (χ1) is 9.67. The second-order valence-corrected chi connectivity index (χ2v) is 7.14. The molecule has 2 N–H and O–H groups in total. The molecule has 112 valence electrons. The Bertz CT molecular complexity index is 396. The topological polar surface area (TPSA) is 32.3 Å². The number of rotatable bonds is 9. The van der Waals surface area contributed by atoms with Gasteiger partial charge in [0.1, 0.15) is 0 Å². The van der Waals surface area contributed by atoms with Crippen LogP contribution < -0.4 is 5.32 Å². The van der Waals surface area contributed by atoms with E-state index < -0.39 is 0 Å². The van der Waals surface area contributed by atoms with Gasteiger partial charge < -0.3 is 10.4 Å². The van der Waals surface area contributed by atoms with Crippen molar-refractivity contribution in [2.24, 2.45) is 0 Å². The third-order valence-electron chi connectivity index (χ3n) is 4.16. The lowest BCUT2D eigenvalue weighted by Gasteiger charge is -2.32. The van der Waals surface area contributed by atoms with Gasteiger partial charge >= 0.3 is 0 Å². The molecule has 1 unspecified atom stereocenters. The van der Waals surface area contributed by atoms with Crippen LogP contribution >= 0.6 is 11.8 Å². The average molecular weight is 293 g/mol. The minimum Gasteiger partial charge on any atom is -0.394 e. The molecule has 1 aromatic rings. The van der Waals surface area contributed by atoms with Crippen molar-refractivity contribution in [1.29, 1.82) is 0 Å². The van der Waals surface area contributed by atoms with Crippen molar-refractivity contribution in [3.8, 4) is 0 Å². The van der Waals surface area contributed by atoms with Crippen molar-refractivity contribution >= 4 is 11.8 Å². The van der Waals surface area contributed by atoms with Crippen LogP contribution in [0.25, 0.3) is 0 Å². The highest BCUT2D eigenvalue weighted by molar-refractivity contribution is 7.99. The highest BCUT2D eigenvalue weighted by Crippen LogP contribution is 2.28. The summed E-state index contributed by atoms with van der Waals surface area (Å²) in [5.41, 5.74) is 1.27. The Morgan fingerprint density at radius 1 is 1.30 bits per heavy atom. The number of thioether (sulfide) groups is 1. The summed E-state index contributed by atoms with van der Waals surface area (Å²) in [6.07, 6.45) is 5.77. The van der Waals surface area contributed by atoms with Crippen LogP contribution in [0.2, 0.25) is 0 Å². The maximum absolute atomic E-state index is 9.73. The maximum atomic E-state index is 9.73. The molecule has 2 nitrogen and oxygen atoms in total. The molecule has 0 radical (unpaired) electrons. The molecule has 1 atom stereocenters. The molecule has 0 aliphatic heterocycles. The Labute approximate surface area is 127 Å². The number of aliphatic hydroxyl groups is 1. The zero-order valence-electron chi connectivity index (χ0n) is 12.7. The fraction of sp³-hybridized carbons (Fsp3) is 0.647. The molecule has 1 aromatic carbocycles. The Morgan fingerprint density at radius 3 is 2.55 bits per heavy atom. The van der Waals surface area contributed by atoms with Crippen LogP contribution in [0, 0.1) is 6.92 Å². The average Bonchev–Trinajstić information content (AvgIpc) is 3.28. The summed E-state index contributed by atoms with van der Waals surface area (Å²) < 4.78 is 0. The van der Waals surface area contributed by atoms with Gasteiger partial charge in [0, 0.05) is 16.5 Å². The lowest BCUT2D eigenvalue weighted by molar-refractivity contribution is 0.144. The van der Waals surface area contributed by atoms with Crippen molar-refractivity contribution in [3.05, 3.63) is 29.8 Å². The Kier molecular flexibility index (Phi) is 5.94. The summed E-state index contributed by atoms with van der Waals surface area (Å²) >= 11 is 1.92. The lowest BCUT2D eigenvalue weighted by Crippen LogP contribution is -2.49. The van der Waals surface area contributed by atoms with E-state index in [9.17, 15) is 5.11 Å². The van der Waals surface area contributed by atoms with E-state index in [-0.39, 0.29) is 12.1 Å². The largest absolute Gasteiger partial charge is 0.394 e. The maximum Gasteiger partial charge on any atom is 0.0613 e.